The van der Waals surface area contributed by atoms with Crippen LogP contribution in [0.25, 0.3) is 0 Å². The fourth-order valence-electron chi connectivity index (χ4n) is 1.18. The molecule has 1 aromatic carbocycles. The summed E-state index contributed by atoms with van der Waals surface area (Å²) in [4.78, 5) is 22.0. The van der Waals surface area contributed by atoms with Crippen LogP contribution in [-0.2, 0) is 9.59 Å². The first-order valence-corrected chi connectivity index (χ1v) is 5.24. The zero-order valence-electron chi connectivity index (χ0n) is 9.43. The summed E-state index contributed by atoms with van der Waals surface area (Å²) in [6, 6.07) is 8.14. The van der Waals surface area contributed by atoms with Crippen molar-refractivity contribution in [1.82, 2.24) is 5.32 Å². The van der Waals surface area contributed by atoms with E-state index < -0.39 is 17.9 Å². The van der Waals surface area contributed by atoms with Crippen molar-refractivity contribution in [2.45, 2.75) is 19.4 Å². The van der Waals surface area contributed by atoms with E-state index in [0.29, 0.717) is 12.0 Å². The summed E-state index contributed by atoms with van der Waals surface area (Å²) < 4.78 is 0. The Balaban J connectivity index is 2.62. The highest BCUT2D eigenvalue weighted by Crippen LogP contribution is 1.95. The van der Waals surface area contributed by atoms with Crippen LogP contribution in [0.15, 0.2) is 30.3 Å². The van der Waals surface area contributed by atoms with Crippen LogP contribution >= 0.6 is 0 Å². The fraction of sp³-hybridized carbons (Fsp3) is 0.231. The number of amides is 1. The number of carboxylic acid groups (broad SMARTS) is 1. The van der Waals surface area contributed by atoms with Crippen LogP contribution in [0.3, 0.4) is 0 Å². The van der Waals surface area contributed by atoms with Gasteiger partial charge in [-0.2, -0.15) is 0 Å². The number of benzene rings is 1. The maximum atomic E-state index is 11.3. The molecule has 1 aromatic rings. The number of carbonyl (C=O) groups is 2. The predicted molar refractivity (Wildman–Crippen MR) is 63.2 cm³/mol. The Morgan fingerprint density at radius 1 is 1.35 bits per heavy atom. The van der Waals surface area contributed by atoms with Crippen molar-refractivity contribution in [2.24, 2.45) is 0 Å². The first kappa shape index (κ1) is 12.8. The van der Waals surface area contributed by atoms with Gasteiger partial charge in [0.2, 0.25) is 0 Å². The molecule has 0 aliphatic heterocycles. The van der Waals surface area contributed by atoms with Gasteiger partial charge in [-0.1, -0.05) is 31.0 Å². The standard InChI is InChI=1S/C13H13NO3/c1-2-11(13(16)17)14-12(15)9-8-10-6-4-3-5-7-10/h3-7,11H,2H2,1H3,(H,14,15)(H,16,17). The van der Waals surface area contributed by atoms with Crippen molar-refractivity contribution in [2.75, 3.05) is 0 Å². The molecule has 0 bridgehead atoms. The molecule has 4 nitrogen and oxygen atoms in total. The van der Waals surface area contributed by atoms with Crippen molar-refractivity contribution in [1.29, 1.82) is 0 Å². The quantitative estimate of drug-likeness (QED) is 0.763. The number of hydrogen-bond acceptors (Lipinski definition) is 2. The smallest absolute Gasteiger partial charge is 0.326 e. The summed E-state index contributed by atoms with van der Waals surface area (Å²) >= 11 is 0. The van der Waals surface area contributed by atoms with Crippen LogP contribution in [0.4, 0.5) is 0 Å². The van der Waals surface area contributed by atoms with Crippen molar-refractivity contribution in [3.63, 3.8) is 0 Å². The van der Waals surface area contributed by atoms with Crippen LogP contribution in [-0.4, -0.2) is 23.0 Å². The molecule has 88 valence electrons. The van der Waals surface area contributed by atoms with E-state index in [0.717, 1.165) is 0 Å². The molecule has 0 spiro atoms. The number of hydrogen-bond donors (Lipinski definition) is 2. The summed E-state index contributed by atoms with van der Waals surface area (Å²) in [5.41, 5.74) is 0.714. The Bertz CT molecular complexity index is 457. The average molecular weight is 231 g/mol. The Morgan fingerprint density at radius 3 is 2.53 bits per heavy atom. The second-order valence-corrected chi connectivity index (χ2v) is 3.39. The lowest BCUT2D eigenvalue weighted by atomic mass is 10.2. The Kier molecular flexibility index (Phi) is 4.77. The molecule has 0 fully saturated rings. The lowest BCUT2D eigenvalue weighted by molar-refractivity contribution is -0.141. The molecule has 0 aliphatic carbocycles. The summed E-state index contributed by atoms with van der Waals surface area (Å²) in [7, 11) is 0. The molecule has 0 radical (unpaired) electrons. The summed E-state index contributed by atoms with van der Waals surface area (Å²) in [5.74, 6) is 3.38. The zero-order valence-corrected chi connectivity index (χ0v) is 9.43. The second-order valence-electron chi connectivity index (χ2n) is 3.39. The van der Waals surface area contributed by atoms with Gasteiger partial charge in [-0.05, 0) is 18.6 Å². The zero-order chi connectivity index (χ0) is 12.7. The molecule has 0 aliphatic rings. The van der Waals surface area contributed by atoms with Crippen LogP contribution in [0.2, 0.25) is 0 Å². The third kappa shape index (κ3) is 4.39. The number of carbonyl (C=O) groups excluding carboxylic acids is 1. The minimum atomic E-state index is -1.05. The van der Waals surface area contributed by atoms with E-state index in [-0.39, 0.29) is 0 Å². The van der Waals surface area contributed by atoms with E-state index in [1.807, 2.05) is 18.2 Å². The third-order valence-corrected chi connectivity index (χ3v) is 2.11. The largest absolute Gasteiger partial charge is 0.480 e. The van der Waals surface area contributed by atoms with Crippen molar-refractivity contribution in [3.05, 3.63) is 35.9 Å². The van der Waals surface area contributed by atoms with Gasteiger partial charge in [-0.25, -0.2) is 4.79 Å². The Hall–Kier alpha value is -2.28. The molecule has 2 N–H and O–H groups in total. The number of nitrogens with one attached hydrogen (secondary N) is 1. The maximum Gasteiger partial charge on any atom is 0.326 e. The highest BCUT2D eigenvalue weighted by molar-refractivity contribution is 5.96. The van der Waals surface area contributed by atoms with E-state index in [4.69, 9.17) is 5.11 Å². The minimum absolute atomic E-state index is 0.327. The molecular weight excluding hydrogens is 218 g/mol. The van der Waals surface area contributed by atoms with E-state index in [1.54, 1.807) is 19.1 Å². The Labute approximate surface area is 99.7 Å². The van der Waals surface area contributed by atoms with Crippen molar-refractivity contribution >= 4 is 11.9 Å². The lowest BCUT2D eigenvalue weighted by Gasteiger charge is -2.08. The van der Waals surface area contributed by atoms with E-state index in [9.17, 15) is 9.59 Å². The molecule has 1 unspecified atom stereocenters. The molecule has 0 aromatic heterocycles. The van der Waals surface area contributed by atoms with Crippen LogP contribution in [0.5, 0.6) is 0 Å². The molecule has 0 saturated carbocycles. The monoisotopic (exact) mass is 231 g/mol. The van der Waals surface area contributed by atoms with Crippen LogP contribution in [0.1, 0.15) is 18.9 Å². The topological polar surface area (TPSA) is 66.4 Å². The van der Waals surface area contributed by atoms with Gasteiger partial charge in [0.25, 0.3) is 5.91 Å². The summed E-state index contributed by atoms with van der Waals surface area (Å²) in [6.45, 7) is 1.68. The van der Waals surface area contributed by atoms with Gasteiger partial charge in [0.15, 0.2) is 0 Å². The van der Waals surface area contributed by atoms with Gasteiger partial charge >= 0.3 is 5.97 Å². The van der Waals surface area contributed by atoms with E-state index >= 15 is 0 Å². The predicted octanol–water partition coefficient (Wildman–Crippen LogP) is 1.02. The van der Waals surface area contributed by atoms with Crippen molar-refractivity contribution in [3.8, 4) is 11.8 Å². The van der Waals surface area contributed by atoms with Gasteiger partial charge in [0.05, 0.1) is 0 Å². The normalized spacial score (nSPS) is 10.9. The summed E-state index contributed by atoms with van der Waals surface area (Å²) in [6.07, 6.45) is 0.327. The first-order valence-electron chi connectivity index (χ1n) is 5.24. The molecule has 1 rings (SSSR count). The second kappa shape index (κ2) is 6.33. The van der Waals surface area contributed by atoms with Crippen LogP contribution in [0, 0.1) is 11.8 Å². The van der Waals surface area contributed by atoms with Gasteiger partial charge in [0.1, 0.15) is 6.04 Å². The van der Waals surface area contributed by atoms with Crippen LogP contribution < -0.4 is 5.32 Å². The highest BCUT2D eigenvalue weighted by atomic mass is 16.4. The third-order valence-electron chi connectivity index (χ3n) is 2.11. The molecule has 17 heavy (non-hydrogen) atoms. The lowest BCUT2D eigenvalue weighted by Crippen LogP contribution is -2.39. The first-order chi connectivity index (χ1) is 8.13. The average Bonchev–Trinajstić information content (AvgIpc) is 2.34. The van der Waals surface area contributed by atoms with Gasteiger partial charge < -0.3 is 10.4 Å². The molecule has 0 heterocycles. The Morgan fingerprint density at radius 2 is 2.00 bits per heavy atom. The van der Waals surface area contributed by atoms with Gasteiger partial charge in [0, 0.05) is 11.5 Å². The SMILES string of the molecule is CCC(NC(=O)C#Cc1ccccc1)C(=O)O. The van der Waals surface area contributed by atoms with E-state index in [1.165, 1.54) is 0 Å². The molecule has 0 saturated heterocycles. The van der Waals surface area contributed by atoms with Gasteiger partial charge in [-0.3, -0.25) is 4.79 Å². The van der Waals surface area contributed by atoms with Gasteiger partial charge in [-0.15, -0.1) is 0 Å². The molecule has 1 atom stereocenters. The van der Waals surface area contributed by atoms with E-state index in [2.05, 4.69) is 17.2 Å². The molecule has 4 heteroatoms. The molecule has 1 amide bonds. The maximum absolute atomic E-state index is 11.3. The van der Waals surface area contributed by atoms with Crippen molar-refractivity contribution < 1.29 is 14.7 Å². The number of aliphatic carboxylic acids is 1. The fourth-order valence-corrected chi connectivity index (χ4v) is 1.18. The highest BCUT2D eigenvalue weighted by Gasteiger charge is 2.15. The number of rotatable bonds is 3. The minimum Gasteiger partial charge on any atom is -0.480 e. The molecular formula is C13H13NO3. The number of carboxylic acids is 1. The summed E-state index contributed by atoms with van der Waals surface area (Å²) in [5, 5.41) is 11.1.